The number of thiazole rings is 1. The van der Waals surface area contributed by atoms with Gasteiger partial charge in [0.05, 0.1) is 0 Å². The van der Waals surface area contributed by atoms with Crippen LogP contribution in [0, 0.1) is 6.92 Å². The van der Waals surface area contributed by atoms with Crippen LogP contribution in [0.15, 0.2) is 69.9 Å². The molecule has 0 aliphatic rings. The molecule has 0 unspecified atom stereocenters. The SMILES string of the molecule is Cc1ccccc1-c1nc2s/c(=C\c3ccc(-c4cccc(Cl)c4)o3)c(=O)n2n1. The maximum absolute atomic E-state index is 12.8. The Hall–Kier alpha value is -3.22. The van der Waals surface area contributed by atoms with Crippen LogP contribution in [0.3, 0.4) is 0 Å². The summed E-state index contributed by atoms with van der Waals surface area (Å²) in [7, 11) is 0. The van der Waals surface area contributed by atoms with Gasteiger partial charge in [0.15, 0.2) is 5.82 Å². The largest absolute Gasteiger partial charge is 0.457 e. The van der Waals surface area contributed by atoms with Crippen LogP contribution < -0.4 is 10.1 Å². The van der Waals surface area contributed by atoms with Crippen LogP contribution in [0.1, 0.15) is 11.3 Å². The molecule has 0 saturated carbocycles. The average Bonchev–Trinajstić information content (AvgIpc) is 3.40. The van der Waals surface area contributed by atoms with E-state index in [2.05, 4.69) is 10.1 Å². The minimum Gasteiger partial charge on any atom is -0.457 e. The van der Waals surface area contributed by atoms with Gasteiger partial charge in [-0.15, -0.1) is 5.10 Å². The summed E-state index contributed by atoms with van der Waals surface area (Å²) in [6, 6.07) is 19.0. The van der Waals surface area contributed by atoms with Crippen molar-refractivity contribution < 1.29 is 4.42 Å². The van der Waals surface area contributed by atoms with Gasteiger partial charge in [-0.2, -0.15) is 9.50 Å². The number of fused-ring (bicyclic) bond motifs is 1. The fourth-order valence-electron chi connectivity index (χ4n) is 3.13. The van der Waals surface area contributed by atoms with Crippen LogP contribution in [0.4, 0.5) is 0 Å². The monoisotopic (exact) mass is 419 g/mol. The first-order valence-corrected chi connectivity index (χ1v) is 10.1. The molecular weight excluding hydrogens is 406 g/mol. The number of hydrogen-bond donors (Lipinski definition) is 0. The molecule has 0 aliphatic carbocycles. The first kappa shape index (κ1) is 17.8. The Bertz CT molecular complexity index is 1470. The highest BCUT2D eigenvalue weighted by molar-refractivity contribution is 7.15. The highest BCUT2D eigenvalue weighted by Gasteiger charge is 2.13. The zero-order chi connectivity index (χ0) is 20.0. The molecule has 29 heavy (non-hydrogen) atoms. The minimum atomic E-state index is -0.210. The number of benzene rings is 2. The van der Waals surface area contributed by atoms with Crippen LogP contribution >= 0.6 is 22.9 Å². The van der Waals surface area contributed by atoms with Crippen molar-refractivity contribution in [3.8, 4) is 22.7 Å². The fraction of sp³-hybridized carbons (Fsp3) is 0.0455. The average molecular weight is 420 g/mol. The second kappa shape index (κ2) is 6.99. The second-order valence-corrected chi connectivity index (χ2v) is 8.02. The van der Waals surface area contributed by atoms with Gasteiger partial charge in [-0.05, 0) is 36.8 Å². The van der Waals surface area contributed by atoms with Gasteiger partial charge in [0, 0.05) is 22.2 Å². The van der Waals surface area contributed by atoms with Crippen LogP contribution in [0.2, 0.25) is 5.02 Å². The number of rotatable bonds is 3. The Kier molecular flexibility index (Phi) is 4.30. The van der Waals surface area contributed by atoms with Gasteiger partial charge in [0.1, 0.15) is 16.1 Å². The lowest BCUT2D eigenvalue weighted by molar-refractivity contribution is 0.571. The van der Waals surface area contributed by atoms with Crippen molar-refractivity contribution in [1.82, 2.24) is 14.6 Å². The first-order valence-electron chi connectivity index (χ1n) is 8.91. The molecule has 0 amide bonds. The lowest BCUT2D eigenvalue weighted by Crippen LogP contribution is -2.23. The number of furan rings is 1. The molecule has 142 valence electrons. The van der Waals surface area contributed by atoms with Gasteiger partial charge in [-0.3, -0.25) is 4.79 Å². The lowest BCUT2D eigenvalue weighted by Gasteiger charge is -1.98. The predicted octanol–water partition coefficient (Wildman–Crippen LogP) is 4.59. The molecule has 3 aromatic heterocycles. The maximum Gasteiger partial charge on any atom is 0.291 e. The molecule has 0 bridgehead atoms. The van der Waals surface area contributed by atoms with E-state index in [0.29, 0.717) is 31.9 Å². The lowest BCUT2D eigenvalue weighted by atomic mass is 10.1. The summed E-state index contributed by atoms with van der Waals surface area (Å²) in [5, 5.41) is 5.05. The highest BCUT2D eigenvalue weighted by Crippen LogP contribution is 2.25. The Balaban J connectivity index is 1.54. The number of halogens is 1. The van der Waals surface area contributed by atoms with Crippen LogP contribution in [-0.4, -0.2) is 14.6 Å². The maximum atomic E-state index is 12.8. The van der Waals surface area contributed by atoms with Crippen molar-refractivity contribution in [3.63, 3.8) is 0 Å². The molecule has 0 atom stereocenters. The van der Waals surface area contributed by atoms with E-state index in [-0.39, 0.29) is 5.56 Å². The van der Waals surface area contributed by atoms with E-state index in [1.165, 1.54) is 15.9 Å². The number of hydrogen-bond acceptors (Lipinski definition) is 5. The van der Waals surface area contributed by atoms with Gasteiger partial charge in [-0.25, -0.2) is 0 Å². The number of aromatic nitrogens is 3. The normalized spacial score (nSPS) is 12.1. The van der Waals surface area contributed by atoms with Crippen molar-refractivity contribution in [3.05, 3.63) is 91.9 Å². The Morgan fingerprint density at radius 2 is 1.97 bits per heavy atom. The molecule has 0 spiro atoms. The zero-order valence-corrected chi connectivity index (χ0v) is 16.9. The molecule has 3 heterocycles. The van der Waals surface area contributed by atoms with Gasteiger partial charge in [0.25, 0.3) is 5.56 Å². The van der Waals surface area contributed by atoms with E-state index in [1.54, 1.807) is 6.08 Å². The molecule has 5 nitrogen and oxygen atoms in total. The van der Waals surface area contributed by atoms with E-state index < -0.39 is 0 Å². The highest BCUT2D eigenvalue weighted by atomic mass is 35.5. The molecule has 0 fully saturated rings. The summed E-state index contributed by atoms with van der Waals surface area (Å²) in [6.07, 6.45) is 1.71. The Morgan fingerprint density at radius 1 is 1.10 bits per heavy atom. The van der Waals surface area contributed by atoms with Gasteiger partial charge < -0.3 is 4.42 Å². The zero-order valence-electron chi connectivity index (χ0n) is 15.3. The standard InChI is InChI=1S/C22H14ClN3O2S/c1-13-5-2-3-8-17(13)20-24-22-26(25-20)21(27)19(29-22)12-16-9-10-18(28-16)14-6-4-7-15(23)11-14/h2-12H,1H3/b19-12-. The molecule has 0 radical (unpaired) electrons. The van der Waals surface area contributed by atoms with E-state index in [1.807, 2.05) is 67.6 Å². The molecule has 0 saturated heterocycles. The van der Waals surface area contributed by atoms with Crippen molar-refractivity contribution >= 4 is 34.0 Å². The summed E-state index contributed by atoms with van der Waals surface area (Å²) in [4.78, 5) is 17.9. The van der Waals surface area contributed by atoms with Gasteiger partial charge in [0.2, 0.25) is 4.96 Å². The Morgan fingerprint density at radius 3 is 2.76 bits per heavy atom. The summed E-state index contributed by atoms with van der Waals surface area (Å²) in [5.41, 5.74) is 2.66. The molecule has 0 N–H and O–H groups in total. The first-order chi connectivity index (χ1) is 14.1. The summed E-state index contributed by atoms with van der Waals surface area (Å²) >= 11 is 7.33. The van der Waals surface area contributed by atoms with Crippen LogP contribution in [0.25, 0.3) is 33.7 Å². The van der Waals surface area contributed by atoms with Crippen molar-refractivity contribution in [2.24, 2.45) is 0 Å². The third kappa shape index (κ3) is 3.26. The van der Waals surface area contributed by atoms with Crippen molar-refractivity contribution in [2.45, 2.75) is 6.92 Å². The fourth-order valence-corrected chi connectivity index (χ4v) is 4.21. The van der Waals surface area contributed by atoms with Gasteiger partial charge in [-0.1, -0.05) is 59.3 Å². The quantitative estimate of drug-likeness (QED) is 0.429. The summed E-state index contributed by atoms with van der Waals surface area (Å²) in [5.74, 6) is 1.83. The molecule has 5 rings (SSSR count). The minimum absolute atomic E-state index is 0.210. The number of nitrogens with zero attached hydrogens (tertiary/aromatic N) is 3. The molecule has 7 heteroatoms. The predicted molar refractivity (Wildman–Crippen MR) is 115 cm³/mol. The topological polar surface area (TPSA) is 60.4 Å². The van der Waals surface area contributed by atoms with E-state index in [0.717, 1.165) is 16.7 Å². The van der Waals surface area contributed by atoms with Gasteiger partial charge >= 0.3 is 0 Å². The molecule has 5 aromatic rings. The van der Waals surface area contributed by atoms with Crippen molar-refractivity contribution in [2.75, 3.05) is 0 Å². The smallest absolute Gasteiger partial charge is 0.291 e. The van der Waals surface area contributed by atoms with E-state index in [4.69, 9.17) is 16.0 Å². The van der Waals surface area contributed by atoms with Crippen molar-refractivity contribution in [1.29, 1.82) is 0 Å². The Labute approximate surface area is 174 Å². The summed E-state index contributed by atoms with van der Waals surface area (Å²) in [6.45, 7) is 2.00. The van der Waals surface area contributed by atoms with Crippen LogP contribution in [0.5, 0.6) is 0 Å². The third-order valence-corrected chi connectivity index (χ3v) is 5.77. The molecule has 2 aromatic carbocycles. The molecule has 0 aliphatic heterocycles. The second-order valence-electron chi connectivity index (χ2n) is 6.57. The third-order valence-electron chi connectivity index (χ3n) is 4.58. The van der Waals surface area contributed by atoms with Crippen LogP contribution in [-0.2, 0) is 0 Å². The van der Waals surface area contributed by atoms with E-state index in [9.17, 15) is 4.79 Å². The number of aryl methyl sites for hydroxylation is 1. The summed E-state index contributed by atoms with van der Waals surface area (Å²) < 4.78 is 7.73. The van der Waals surface area contributed by atoms with E-state index >= 15 is 0 Å². The molecular formula is C22H14ClN3O2S.